The minimum absolute atomic E-state index is 0.0442. The first-order valence-electron chi connectivity index (χ1n) is 4.66. The van der Waals surface area contributed by atoms with Crippen molar-refractivity contribution >= 4 is 5.78 Å². The van der Waals surface area contributed by atoms with E-state index in [-0.39, 0.29) is 17.8 Å². The fraction of sp³-hybridized carbons (Fsp3) is 0.727. The second-order valence-corrected chi connectivity index (χ2v) is 5.18. The summed E-state index contributed by atoms with van der Waals surface area (Å²) in [5, 5.41) is 9.13. The molecule has 0 amide bonds. The number of carbonyl (C=O) groups excluding carboxylic acids is 1. The average molecular weight is 182 g/mol. The number of hydrogen-bond donors (Lipinski definition) is 1. The maximum atomic E-state index is 11.5. The number of aliphatic hydroxyl groups is 1. The maximum Gasteiger partial charge on any atom is 0.164 e. The molecule has 0 aliphatic heterocycles. The lowest BCUT2D eigenvalue weighted by Crippen LogP contribution is -2.27. The van der Waals surface area contributed by atoms with Gasteiger partial charge in [0.25, 0.3) is 0 Å². The minimum atomic E-state index is -0.553. The van der Waals surface area contributed by atoms with Gasteiger partial charge in [0, 0.05) is 0 Å². The van der Waals surface area contributed by atoms with E-state index in [9.17, 15) is 4.79 Å². The van der Waals surface area contributed by atoms with E-state index in [0.29, 0.717) is 6.42 Å². The topological polar surface area (TPSA) is 37.3 Å². The van der Waals surface area contributed by atoms with Crippen molar-refractivity contribution in [3.05, 3.63) is 11.6 Å². The van der Waals surface area contributed by atoms with Crippen molar-refractivity contribution in [3.8, 4) is 0 Å². The number of aliphatic hydroxyl groups excluding tert-OH is 1. The molecular formula is C11H18O2. The maximum absolute atomic E-state index is 11.5. The van der Waals surface area contributed by atoms with Gasteiger partial charge in [-0.05, 0) is 24.8 Å². The molecule has 0 heterocycles. The van der Waals surface area contributed by atoms with Gasteiger partial charge in [0.2, 0.25) is 0 Å². The van der Waals surface area contributed by atoms with E-state index in [4.69, 9.17) is 5.11 Å². The van der Waals surface area contributed by atoms with Gasteiger partial charge in [-0.3, -0.25) is 4.79 Å². The Balaban J connectivity index is 2.89. The van der Waals surface area contributed by atoms with Crippen LogP contribution in [0.4, 0.5) is 0 Å². The summed E-state index contributed by atoms with van der Waals surface area (Å²) in [6.07, 6.45) is 2.40. The molecule has 0 bridgehead atoms. The Morgan fingerprint density at radius 3 is 2.31 bits per heavy atom. The lowest BCUT2D eigenvalue weighted by atomic mass is 9.80. The normalized spacial score (nSPS) is 29.3. The second kappa shape index (κ2) is 2.95. The average Bonchev–Trinajstić information content (AvgIpc) is 2.29. The summed E-state index contributed by atoms with van der Waals surface area (Å²) in [6, 6.07) is 0. The first-order valence-corrected chi connectivity index (χ1v) is 4.66. The molecule has 1 aliphatic carbocycles. The molecule has 0 saturated heterocycles. The van der Waals surface area contributed by atoms with Crippen LogP contribution >= 0.6 is 0 Å². The molecule has 1 N–H and O–H groups in total. The summed E-state index contributed by atoms with van der Waals surface area (Å²) in [5.41, 5.74) is 0.639. The highest BCUT2D eigenvalue weighted by Crippen LogP contribution is 2.41. The number of carbonyl (C=O) groups is 1. The Hall–Kier alpha value is -0.630. The number of rotatable bonds is 1. The van der Waals surface area contributed by atoms with Crippen LogP contribution in [0.25, 0.3) is 0 Å². The van der Waals surface area contributed by atoms with Gasteiger partial charge in [-0.2, -0.15) is 0 Å². The molecule has 2 nitrogen and oxygen atoms in total. The smallest absolute Gasteiger partial charge is 0.164 e. The van der Waals surface area contributed by atoms with Gasteiger partial charge >= 0.3 is 0 Å². The van der Waals surface area contributed by atoms with Crippen molar-refractivity contribution in [2.75, 3.05) is 6.61 Å². The monoisotopic (exact) mass is 182 g/mol. The fourth-order valence-corrected chi connectivity index (χ4v) is 1.51. The number of hydrogen-bond acceptors (Lipinski definition) is 2. The van der Waals surface area contributed by atoms with Crippen molar-refractivity contribution < 1.29 is 9.90 Å². The molecule has 0 fully saturated rings. The van der Waals surface area contributed by atoms with Crippen molar-refractivity contribution in [2.45, 2.75) is 34.1 Å². The van der Waals surface area contributed by atoms with Gasteiger partial charge in [-0.1, -0.05) is 26.3 Å². The van der Waals surface area contributed by atoms with Gasteiger partial charge in [0.15, 0.2) is 5.78 Å². The van der Waals surface area contributed by atoms with Crippen molar-refractivity contribution in [1.29, 1.82) is 0 Å². The van der Waals surface area contributed by atoms with E-state index < -0.39 is 5.41 Å². The van der Waals surface area contributed by atoms with E-state index in [0.717, 1.165) is 5.57 Å². The molecule has 0 aromatic rings. The first kappa shape index (κ1) is 10.5. The molecule has 0 radical (unpaired) electrons. The van der Waals surface area contributed by atoms with Crippen LogP contribution in [0.1, 0.15) is 34.1 Å². The summed E-state index contributed by atoms with van der Waals surface area (Å²) in [6.45, 7) is 8.05. The van der Waals surface area contributed by atoms with Gasteiger partial charge in [-0.25, -0.2) is 0 Å². The molecule has 74 valence electrons. The van der Waals surface area contributed by atoms with Crippen LogP contribution in [0.5, 0.6) is 0 Å². The van der Waals surface area contributed by atoms with Crippen LogP contribution in [0.15, 0.2) is 11.6 Å². The third-order valence-corrected chi connectivity index (χ3v) is 2.79. The first-order chi connectivity index (χ1) is 5.79. The zero-order chi connectivity index (χ0) is 10.3. The molecule has 1 atom stereocenters. The second-order valence-electron chi connectivity index (χ2n) is 5.18. The standard InChI is InChI=1S/C11H18O2/c1-10(2,3)8-5-9(13)11(4,6-8)7-12/h5,12H,6-7H2,1-4H3/t11-/m1/s1. The molecule has 0 aromatic heterocycles. The van der Waals surface area contributed by atoms with E-state index in [2.05, 4.69) is 20.8 Å². The summed E-state index contributed by atoms with van der Waals surface area (Å²) in [7, 11) is 0. The van der Waals surface area contributed by atoms with E-state index in [1.165, 1.54) is 0 Å². The summed E-state index contributed by atoms with van der Waals surface area (Å²) < 4.78 is 0. The van der Waals surface area contributed by atoms with Crippen LogP contribution < -0.4 is 0 Å². The van der Waals surface area contributed by atoms with Gasteiger partial charge in [0.1, 0.15) is 0 Å². The molecule has 1 rings (SSSR count). The molecule has 2 heteroatoms. The highest BCUT2D eigenvalue weighted by molar-refractivity contribution is 5.98. The molecule has 1 aliphatic rings. The summed E-state index contributed by atoms with van der Waals surface area (Å²) in [4.78, 5) is 11.5. The van der Waals surface area contributed by atoms with Crippen molar-refractivity contribution in [2.24, 2.45) is 10.8 Å². The van der Waals surface area contributed by atoms with Gasteiger partial charge < -0.3 is 5.11 Å². The van der Waals surface area contributed by atoms with Crippen molar-refractivity contribution in [1.82, 2.24) is 0 Å². The van der Waals surface area contributed by atoms with Crippen LogP contribution in [-0.2, 0) is 4.79 Å². The molecule has 0 saturated carbocycles. The fourth-order valence-electron chi connectivity index (χ4n) is 1.51. The lowest BCUT2D eigenvalue weighted by Gasteiger charge is -2.24. The quantitative estimate of drug-likeness (QED) is 0.672. The zero-order valence-electron chi connectivity index (χ0n) is 8.85. The lowest BCUT2D eigenvalue weighted by molar-refractivity contribution is -0.123. The Morgan fingerprint density at radius 1 is 1.54 bits per heavy atom. The SMILES string of the molecule is CC(C)(C)C1=CC(=O)[C@@](C)(CO)C1. The Bertz CT molecular complexity index is 258. The highest BCUT2D eigenvalue weighted by Gasteiger charge is 2.40. The minimum Gasteiger partial charge on any atom is -0.395 e. The predicted octanol–water partition coefficient (Wildman–Crippen LogP) is 1.93. The number of allylic oxidation sites excluding steroid dienone is 2. The molecule has 0 aromatic carbocycles. The van der Waals surface area contributed by atoms with Crippen LogP contribution in [0.2, 0.25) is 0 Å². The van der Waals surface area contributed by atoms with Gasteiger partial charge in [0.05, 0.1) is 12.0 Å². The molecule has 0 spiro atoms. The Labute approximate surface area is 79.6 Å². The molecule has 13 heavy (non-hydrogen) atoms. The summed E-state index contributed by atoms with van der Waals surface area (Å²) >= 11 is 0. The predicted molar refractivity (Wildman–Crippen MR) is 52.4 cm³/mol. The highest BCUT2D eigenvalue weighted by atomic mass is 16.3. The van der Waals surface area contributed by atoms with Crippen LogP contribution in [-0.4, -0.2) is 17.5 Å². The summed E-state index contributed by atoms with van der Waals surface area (Å²) in [5.74, 6) is 0.0694. The number of ketones is 1. The Morgan fingerprint density at radius 2 is 2.08 bits per heavy atom. The third kappa shape index (κ3) is 1.83. The van der Waals surface area contributed by atoms with E-state index in [1.54, 1.807) is 6.08 Å². The molecule has 0 unspecified atom stereocenters. The van der Waals surface area contributed by atoms with Crippen LogP contribution in [0.3, 0.4) is 0 Å². The van der Waals surface area contributed by atoms with Gasteiger partial charge in [-0.15, -0.1) is 0 Å². The van der Waals surface area contributed by atoms with E-state index >= 15 is 0 Å². The van der Waals surface area contributed by atoms with E-state index in [1.807, 2.05) is 6.92 Å². The largest absolute Gasteiger partial charge is 0.395 e. The molecular weight excluding hydrogens is 164 g/mol. The zero-order valence-corrected chi connectivity index (χ0v) is 8.85. The third-order valence-electron chi connectivity index (χ3n) is 2.79. The Kier molecular flexibility index (Phi) is 2.37. The van der Waals surface area contributed by atoms with Crippen LogP contribution in [0, 0.1) is 10.8 Å². The van der Waals surface area contributed by atoms with Crippen molar-refractivity contribution in [3.63, 3.8) is 0 Å².